The van der Waals surface area contributed by atoms with Crippen molar-refractivity contribution in [3.63, 3.8) is 0 Å². The predicted molar refractivity (Wildman–Crippen MR) is 90.9 cm³/mol. The standard InChI is InChI=1S/C17H20N4OS/c22-16(11-13-3-2-10-23-13)20-6-8-21(9-7-20)17-14-4-1-5-15(14)18-12-19-17/h2-3,10,12H,1,4-9,11H2. The number of rotatable bonds is 3. The van der Waals surface area contributed by atoms with Crippen LogP contribution in [0.5, 0.6) is 0 Å². The highest BCUT2D eigenvalue weighted by atomic mass is 32.1. The third-order valence-electron chi connectivity index (χ3n) is 4.69. The number of carbonyl (C=O) groups excluding carboxylic acids is 1. The number of piperazine rings is 1. The molecule has 2 aliphatic rings. The minimum atomic E-state index is 0.236. The summed E-state index contributed by atoms with van der Waals surface area (Å²) in [7, 11) is 0. The van der Waals surface area contributed by atoms with Crippen LogP contribution in [-0.4, -0.2) is 47.0 Å². The van der Waals surface area contributed by atoms with Gasteiger partial charge in [0.25, 0.3) is 0 Å². The number of hydrogen-bond acceptors (Lipinski definition) is 5. The van der Waals surface area contributed by atoms with Gasteiger partial charge in [-0.3, -0.25) is 4.79 Å². The topological polar surface area (TPSA) is 49.3 Å². The third kappa shape index (κ3) is 2.95. The Labute approximate surface area is 140 Å². The van der Waals surface area contributed by atoms with E-state index in [0.29, 0.717) is 6.42 Å². The summed E-state index contributed by atoms with van der Waals surface area (Å²) in [6.07, 6.45) is 5.56. The summed E-state index contributed by atoms with van der Waals surface area (Å²) in [5.41, 5.74) is 2.54. The van der Waals surface area contributed by atoms with Crippen molar-refractivity contribution in [2.75, 3.05) is 31.1 Å². The lowest BCUT2D eigenvalue weighted by atomic mass is 10.2. The molecule has 2 aromatic heterocycles. The van der Waals surface area contributed by atoms with Crippen LogP contribution in [0, 0.1) is 0 Å². The molecular weight excluding hydrogens is 308 g/mol. The third-order valence-corrected chi connectivity index (χ3v) is 5.57. The molecule has 0 N–H and O–H groups in total. The maximum atomic E-state index is 12.4. The largest absolute Gasteiger partial charge is 0.353 e. The first-order valence-corrected chi connectivity index (χ1v) is 9.07. The fourth-order valence-corrected chi connectivity index (χ4v) is 4.15. The van der Waals surface area contributed by atoms with Crippen molar-refractivity contribution >= 4 is 23.1 Å². The molecule has 1 saturated heterocycles. The number of nitrogens with zero attached hydrogens (tertiary/aromatic N) is 4. The van der Waals surface area contributed by atoms with Crippen LogP contribution in [0.4, 0.5) is 5.82 Å². The maximum Gasteiger partial charge on any atom is 0.227 e. The highest BCUT2D eigenvalue weighted by Crippen LogP contribution is 2.28. The summed E-state index contributed by atoms with van der Waals surface area (Å²) in [5, 5.41) is 2.02. The van der Waals surface area contributed by atoms with E-state index in [1.165, 1.54) is 17.7 Å². The first kappa shape index (κ1) is 14.6. The molecule has 6 heteroatoms. The molecule has 0 aromatic carbocycles. The van der Waals surface area contributed by atoms with Gasteiger partial charge in [0.15, 0.2) is 0 Å². The number of anilines is 1. The Bertz CT molecular complexity index is 693. The molecule has 1 fully saturated rings. The molecule has 0 saturated carbocycles. The number of amides is 1. The SMILES string of the molecule is O=C(Cc1cccs1)N1CCN(c2ncnc3c2CCC3)CC1. The van der Waals surface area contributed by atoms with Gasteiger partial charge in [0.2, 0.25) is 5.91 Å². The first-order valence-electron chi connectivity index (χ1n) is 8.19. The van der Waals surface area contributed by atoms with E-state index in [1.54, 1.807) is 17.7 Å². The van der Waals surface area contributed by atoms with Crippen molar-refractivity contribution in [3.05, 3.63) is 40.0 Å². The normalized spacial score (nSPS) is 17.4. The second kappa shape index (κ2) is 6.28. The molecule has 0 bridgehead atoms. The van der Waals surface area contributed by atoms with Gasteiger partial charge in [-0.1, -0.05) is 6.07 Å². The van der Waals surface area contributed by atoms with E-state index >= 15 is 0 Å². The van der Waals surface area contributed by atoms with Gasteiger partial charge < -0.3 is 9.80 Å². The van der Waals surface area contributed by atoms with Crippen molar-refractivity contribution in [2.24, 2.45) is 0 Å². The lowest BCUT2D eigenvalue weighted by Gasteiger charge is -2.36. The highest BCUT2D eigenvalue weighted by Gasteiger charge is 2.26. The Kier molecular flexibility index (Phi) is 3.99. The smallest absolute Gasteiger partial charge is 0.227 e. The average molecular weight is 328 g/mol. The molecule has 0 atom stereocenters. The number of aromatic nitrogens is 2. The number of carbonyl (C=O) groups is 1. The summed E-state index contributed by atoms with van der Waals surface area (Å²) >= 11 is 1.65. The second-order valence-electron chi connectivity index (χ2n) is 6.10. The molecule has 0 radical (unpaired) electrons. The lowest BCUT2D eigenvalue weighted by Crippen LogP contribution is -2.49. The van der Waals surface area contributed by atoms with Crippen molar-refractivity contribution < 1.29 is 4.79 Å². The summed E-state index contributed by atoms with van der Waals surface area (Å²) in [6, 6.07) is 4.03. The fraction of sp³-hybridized carbons (Fsp3) is 0.471. The maximum absolute atomic E-state index is 12.4. The number of hydrogen-bond donors (Lipinski definition) is 0. The van der Waals surface area contributed by atoms with E-state index in [0.717, 1.165) is 49.7 Å². The minimum absolute atomic E-state index is 0.236. The van der Waals surface area contributed by atoms with E-state index in [9.17, 15) is 4.79 Å². The summed E-state index contributed by atoms with van der Waals surface area (Å²) < 4.78 is 0. The number of thiophene rings is 1. The van der Waals surface area contributed by atoms with Crippen molar-refractivity contribution in [1.82, 2.24) is 14.9 Å². The first-order chi connectivity index (χ1) is 11.3. The van der Waals surface area contributed by atoms with E-state index < -0.39 is 0 Å². The minimum Gasteiger partial charge on any atom is -0.353 e. The molecule has 0 spiro atoms. The van der Waals surface area contributed by atoms with Crippen molar-refractivity contribution in [1.29, 1.82) is 0 Å². The monoisotopic (exact) mass is 328 g/mol. The zero-order valence-electron chi connectivity index (χ0n) is 13.1. The van der Waals surface area contributed by atoms with E-state index in [4.69, 9.17) is 0 Å². The Morgan fingerprint density at radius 1 is 1.17 bits per heavy atom. The fourth-order valence-electron chi connectivity index (χ4n) is 3.46. The van der Waals surface area contributed by atoms with Gasteiger partial charge in [-0.25, -0.2) is 9.97 Å². The average Bonchev–Trinajstić information content (AvgIpc) is 3.25. The Morgan fingerprint density at radius 3 is 2.83 bits per heavy atom. The van der Waals surface area contributed by atoms with Gasteiger partial charge in [0.05, 0.1) is 6.42 Å². The van der Waals surface area contributed by atoms with E-state index in [1.807, 2.05) is 22.4 Å². The molecular formula is C17H20N4OS. The van der Waals surface area contributed by atoms with Crippen LogP contribution < -0.4 is 4.90 Å². The highest BCUT2D eigenvalue weighted by molar-refractivity contribution is 7.10. The lowest BCUT2D eigenvalue weighted by molar-refractivity contribution is -0.130. The zero-order chi connectivity index (χ0) is 15.6. The van der Waals surface area contributed by atoms with E-state index in [-0.39, 0.29) is 5.91 Å². The Morgan fingerprint density at radius 2 is 2.04 bits per heavy atom. The Balaban J connectivity index is 1.40. The van der Waals surface area contributed by atoms with Gasteiger partial charge in [-0.2, -0.15) is 0 Å². The molecule has 3 heterocycles. The van der Waals surface area contributed by atoms with Gasteiger partial charge in [0, 0.05) is 42.3 Å². The number of fused-ring (bicyclic) bond motifs is 1. The van der Waals surface area contributed by atoms with Gasteiger partial charge in [-0.05, 0) is 30.7 Å². The van der Waals surface area contributed by atoms with Gasteiger partial charge in [0.1, 0.15) is 12.1 Å². The van der Waals surface area contributed by atoms with Crippen molar-refractivity contribution in [3.8, 4) is 0 Å². The molecule has 5 nitrogen and oxygen atoms in total. The summed E-state index contributed by atoms with van der Waals surface area (Å²) in [4.78, 5) is 26.7. The van der Waals surface area contributed by atoms with Crippen molar-refractivity contribution in [2.45, 2.75) is 25.7 Å². The quantitative estimate of drug-likeness (QED) is 0.864. The summed E-state index contributed by atoms with van der Waals surface area (Å²) in [6.45, 7) is 3.28. The van der Waals surface area contributed by atoms with Gasteiger partial charge >= 0.3 is 0 Å². The van der Waals surface area contributed by atoms with Crippen LogP contribution in [0.3, 0.4) is 0 Å². The van der Waals surface area contributed by atoms with Crippen LogP contribution >= 0.6 is 11.3 Å². The zero-order valence-corrected chi connectivity index (χ0v) is 13.9. The second-order valence-corrected chi connectivity index (χ2v) is 7.13. The van der Waals surface area contributed by atoms with Gasteiger partial charge in [-0.15, -0.1) is 11.3 Å². The molecule has 4 rings (SSSR count). The van der Waals surface area contributed by atoms with Crippen LogP contribution in [-0.2, 0) is 24.1 Å². The molecule has 1 aliphatic carbocycles. The molecule has 0 unspecified atom stereocenters. The molecule has 2 aromatic rings. The molecule has 1 aliphatic heterocycles. The summed E-state index contributed by atoms with van der Waals surface area (Å²) in [5.74, 6) is 1.33. The van der Waals surface area contributed by atoms with Crippen LogP contribution in [0.1, 0.15) is 22.6 Å². The molecule has 1 amide bonds. The van der Waals surface area contributed by atoms with Crippen LogP contribution in [0.2, 0.25) is 0 Å². The molecule has 23 heavy (non-hydrogen) atoms. The molecule has 120 valence electrons. The Hall–Kier alpha value is -1.95. The van der Waals surface area contributed by atoms with Crippen LogP contribution in [0.15, 0.2) is 23.8 Å². The number of aryl methyl sites for hydroxylation is 1. The van der Waals surface area contributed by atoms with E-state index in [2.05, 4.69) is 14.9 Å². The van der Waals surface area contributed by atoms with Crippen LogP contribution in [0.25, 0.3) is 0 Å². The predicted octanol–water partition coefficient (Wildman–Crippen LogP) is 1.92.